The average Bonchev–Trinajstić information content (AvgIpc) is 2.28. The van der Waals surface area contributed by atoms with Gasteiger partial charge in [0.1, 0.15) is 6.61 Å². The number of amides is 2. The van der Waals surface area contributed by atoms with Crippen LogP contribution in [0.1, 0.15) is 6.92 Å². The predicted molar refractivity (Wildman–Crippen MR) is 58.8 cm³/mol. The van der Waals surface area contributed by atoms with Crippen LogP contribution in [0.25, 0.3) is 0 Å². The van der Waals surface area contributed by atoms with E-state index in [9.17, 15) is 9.59 Å². The van der Waals surface area contributed by atoms with Crippen LogP contribution >= 0.6 is 0 Å². The molecule has 2 amide bonds. The number of urea groups is 1. The molecule has 1 fully saturated rings. The summed E-state index contributed by atoms with van der Waals surface area (Å²) in [5, 5.41) is 11.0. The summed E-state index contributed by atoms with van der Waals surface area (Å²) in [7, 11) is 0. The molecule has 0 aromatic rings. The molecule has 2 N–H and O–H groups in total. The maximum Gasteiger partial charge on any atom is 0.329 e. The second kappa shape index (κ2) is 7.08. The van der Waals surface area contributed by atoms with E-state index >= 15 is 0 Å². The number of carbonyl (C=O) groups excluding carboxylic acids is 1. The summed E-state index contributed by atoms with van der Waals surface area (Å²) in [6.07, 6.45) is 0.0535. The molecule has 1 heterocycles. The summed E-state index contributed by atoms with van der Waals surface area (Å²) < 4.78 is 10.1. The topological polar surface area (TPSA) is 88.1 Å². The molecular weight excluding hydrogens is 228 g/mol. The van der Waals surface area contributed by atoms with Crippen LogP contribution in [0, 0.1) is 0 Å². The van der Waals surface area contributed by atoms with Gasteiger partial charge in [0, 0.05) is 19.6 Å². The van der Waals surface area contributed by atoms with E-state index in [1.54, 1.807) is 4.90 Å². The lowest BCUT2D eigenvalue weighted by Crippen LogP contribution is -2.49. The Bertz CT molecular complexity index is 271. The molecule has 98 valence electrons. The van der Waals surface area contributed by atoms with Crippen molar-refractivity contribution in [2.75, 3.05) is 39.5 Å². The number of carboxylic acid groups (broad SMARTS) is 1. The Labute approximate surface area is 99.7 Å². The zero-order chi connectivity index (χ0) is 12.7. The lowest BCUT2D eigenvalue weighted by atomic mass is 10.3. The molecule has 0 spiro atoms. The van der Waals surface area contributed by atoms with E-state index in [0.717, 1.165) is 0 Å². The Balaban J connectivity index is 2.10. The van der Waals surface area contributed by atoms with Gasteiger partial charge in [-0.25, -0.2) is 9.59 Å². The quantitative estimate of drug-likeness (QED) is 0.639. The third-order valence-electron chi connectivity index (χ3n) is 2.28. The zero-order valence-electron chi connectivity index (χ0n) is 9.85. The SMILES string of the molecule is CC1CN(C(=O)NCCOCC(=O)O)CCO1. The van der Waals surface area contributed by atoms with E-state index in [1.165, 1.54) is 0 Å². The highest BCUT2D eigenvalue weighted by Crippen LogP contribution is 2.03. The van der Waals surface area contributed by atoms with Crippen molar-refractivity contribution in [3.05, 3.63) is 0 Å². The van der Waals surface area contributed by atoms with Crippen molar-refractivity contribution in [2.24, 2.45) is 0 Å². The third-order valence-corrected chi connectivity index (χ3v) is 2.28. The molecule has 7 heteroatoms. The van der Waals surface area contributed by atoms with Crippen LogP contribution in [0.15, 0.2) is 0 Å². The van der Waals surface area contributed by atoms with Crippen LogP contribution in [0.5, 0.6) is 0 Å². The molecule has 1 aliphatic rings. The average molecular weight is 246 g/mol. The van der Waals surface area contributed by atoms with Gasteiger partial charge in [0.15, 0.2) is 0 Å². The minimum Gasteiger partial charge on any atom is -0.480 e. The van der Waals surface area contributed by atoms with E-state index in [1.807, 2.05) is 6.92 Å². The van der Waals surface area contributed by atoms with E-state index < -0.39 is 5.97 Å². The molecule has 1 unspecified atom stereocenters. The fraction of sp³-hybridized carbons (Fsp3) is 0.800. The van der Waals surface area contributed by atoms with Crippen LogP contribution in [0.2, 0.25) is 0 Å². The number of hydrogen-bond acceptors (Lipinski definition) is 4. The number of nitrogens with zero attached hydrogens (tertiary/aromatic N) is 1. The van der Waals surface area contributed by atoms with Crippen molar-refractivity contribution in [1.29, 1.82) is 0 Å². The predicted octanol–water partition coefficient (Wildman–Crippen LogP) is -0.482. The van der Waals surface area contributed by atoms with E-state index in [-0.39, 0.29) is 25.3 Å². The van der Waals surface area contributed by atoms with Crippen molar-refractivity contribution >= 4 is 12.0 Å². The highest BCUT2D eigenvalue weighted by atomic mass is 16.5. The van der Waals surface area contributed by atoms with Gasteiger partial charge in [0.05, 0.1) is 19.3 Å². The van der Waals surface area contributed by atoms with Crippen LogP contribution < -0.4 is 5.32 Å². The number of hydrogen-bond donors (Lipinski definition) is 2. The molecule has 1 atom stereocenters. The van der Waals surface area contributed by atoms with Crippen LogP contribution in [-0.4, -0.2) is 67.6 Å². The molecule has 0 saturated carbocycles. The van der Waals surface area contributed by atoms with Crippen molar-refractivity contribution in [1.82, 2.24) is 10.2 Å². The Morgan fingerprint density at radius 2 is 2.35 bits per heavy atom. The summed E-state index contributed by atoms with van der Waals surface area (Å²) in [5.41, 5.74) is 0. The first-order chi connectivity index (χ1) is 8.09. The van der Waals surface area contributed by atoms with Crippen molar-refractivity contribution in [3.8, 4) is 0 Å². The molecule has 7 nitrogen and oxygen atoms in total. The summed E-state index contributed by atoms with van der Waals surface area (Å²) in [4.78, 5) is 23.4. The van der Waals surface area contributed by atoms with Gasteiger partial charge in [-0.1, -0.05) is 0 Å². The maximum absolute atomic E-state index is 11.6. The Kier molecular flexibility index (Phi) is 5.71. The van der Waals surface area contributed by atoms with Crippen molar-refractivity contribution in [2.45, 2.75) is 13.0 Å². The van der Waals surface area contributed by atoms with E-state index in [0.29, 0.717) is 26.2 Å². The largest absolute Gasteiger partial charge is 0.480 e. The molecule has 0 aromatic carbocycles. The molecule has 0 aliphatic carbocycles. The fourth-order valence-electron chi connectivity index (χ4n) is 1.50. The summed E-state index contributed by atoms with van der Waals surface area (Å²) in [5.74, 6) is -1.02. The van der Waals surface area contributed by atoms with Gasteiger partial charge in [-0.2, -0.15) is 0 Å². The molecule has 0 radical (unpaired) electrons. The van der Waals surface area contributed by atoms with Crippen molar-refractivity contribution < 1.29 is 24.2 Å². The number of aliphatic carboxylic acids is 1. The second-order valence-corrected chi connectivity index (χ2v) is 3.81. The lowest BCUT2D eigenvalue weighted by Gasteiger charge is -2.31. The van der Waals surface area contributed by atoms with Gasteiger partial charge < -0.3 is 24.8 Å². The number of morpholine rings is 1. The Morgan fingerprint density at radius 3 is 3.00 bits per heavy atom. The first kappa shape index (κ1) is 13.7. The van der Waals surface area contributed by atoms with Gasteiger partial charge in [-0.15, -0.1) is 0 Å². The molecule has 17 heavy (non-hydrogen) atoms. The lowest BCUT2D eigenvalue weighted by molar-refractivity contribution is -0.142. The first-order valence-corrected chi connectivity index (χ1v) is 5.53. The summed E-state index contributed by atoms with van der Waals surface area (Å²) in [6, 6.07) is -0.168. The molecule has 1 rings (SSSR count). The molecular formula is C10H18N2O5. The standard InChI is InChI=1S/C10H18N2O5/c1-8-6-12(3-5-17-8)10(15)11-2-4-16-7-9(13)14/h8H,2-7H2,1H3,(H,11,15)(H,13,14). The minimum absolute atomic E-state index is 0.0535. The number of carboxylic acids is 1. The number of rotatable bonds is 5. The van der Waals surface area contributed by atoms with Gasteiger partial charge in [-0.3, -0.25) is 0 Å². The van der Waals surface area contributed by atoms with Gasteiger partial charge in [-0.05, 0) is 6.92 Å². The second-order valence-electron chi connectivity index (χ2n) is 3.81. The van der Waals surface area contributed by atoms with Gasteiger partial charge >= 0.3 is 12.0 Å². The van der Waals surface area contributed by atoms with E-state index in [4.69, 9.17) is 14.6 Å². The van der Waals surface area contributed by atoms with Gasteiger partial charge in [0.2, 0.25) is 0 Å². The molecule has 1 aliphatic heterocycles. The first-order valence-electron chi connectivity index (χ1n) is 5.53. The summed E-state index contributed by atoms with van der Waals surface area (Å²) in [6.45, 7) is 3.76. The molecule has 0 bridgehead atoms. The highest BCUT2D eigenvalue weighted by molar-refractivity contribution is 5.74. The number of carbonyl (C=O) groups is 2. The Morgan fingerprint density at radius 1 is 1.59 bits per heavy atom. The van der Waals surface area contributed by atoms with Crippen LogP contribution in [0.3, 0.4) is 0 Å². The van der Waals surface area contributed by atoms with Crippen LogP contribution in [0.4, 0.5) is 4.79 Å². The smallest absolute Gasteiger partial charge is 0.329 e. The molecule has 1 saturated heterocycles. The molecule has 0 aromatic heterocycles. The normalized spacial score (nSPS) is 20.1. The van der Waals surface area contributed by atoms with Crippen LogP contribution in [-0.2, 0) is 14.3 Å². The summed E-state index contributed by atoms with van der Waals surface area (Å²) >= 11 is 0. The highest BCUT2D eigenvalue weighted by Gasteiger charge is 2.20. The third kappa shape index (κ3) is 5.50. The van der Waals surface area contributed by atoms with Crippen molar-refractivity contribution in [3.63, 3.8) is 0 Å². The Hall–Kier alpha value is -1.34. The fourth-order valence-corrected chi connectivity index (χ4v) is 1.50. The number of ether oxygens (including phenoxy) is 2. The monoisotopic (exact) mass is 246 g/mol. The van der Waals surface area contributed by atoms with Gasteiger partial charge in [0.25, 0.3) is 0 Å². The van der Waals surface area contributed by atoms with E-state index in [2.05, 4.69) is 5.32 Å². The zero-order valence-corrected chi connectivity index (χ0v) is 9.85. The maximum atomic E-state index is 11.6. The number of nitrogens with one attached hydrogen (secondary N) is 1. The minimum atomic E-state index is -1.02.